The van der Waals surface area contributed by atoms with E-state index in [1.165, 1.54) is 31.5 Å². The summed E-state index contributed by atoms with van der Waals surface area (Å²) < 4.78 is 0. The smallest absolute Gasteiger partial charge is 0.255 e. The molecule has 2 aliphatic rings. The van der Waals surface area contributed by atoms with Crippen LogP contribution in [0.15, 0.2) is 23.1 Å². The van der Waals surface area contributed by atoms with Crippen molar-refractivity contribution in [1.82, 2.24) is 19.7 Å². The van der Waals surface area contributed by atoms with E-state index in [1.807, 2.05) is 4.90 Å². The summed E-state index contributed by atoms with van der Waals surface area (Å²) in [5, 5.41) is 0. The summed E-state index contributed by atoms with van der Waals surface area (Å²) in [6, 6.07) is 3.37. The van der Waals surface area contributed by atoms with Crippen molar-refractivity contribution in [2.75, 3.05) is 39.3 Å². The number of likely N-dealkylation sites (tertiary alicyclic amines) is 1. The first-order valence-corrected chi connectivity index (χ1v) is 10.5. The van der Waals surface area contributed by atoms with Gasteiger partial charge in [-0.25, -0.2) is 0 Å². The van der Waals surface area contributed by atoms with E-state index in [4.69, 9.17) is 0 Å². The van der Waals surface area contributed by atoms with Crippen LogP contribution in [-0.2, 0) is 4.79 Å². The highest BCUT2D eigenvalue weighted by Gasteiger charge is 2.24. The predicted molar refractivity (Wildman–Crippen MR) is 108 cm³/mol. The predicted octanol–water partition coefficient (Wildman–Crippen LogP) is 1.70. The molecule has 2 fully saturated rings. The highest BCUT2D eigenvalue weighted by atomic mass is 16.2. The molecule has 2 amide bonds. The maximum Gasteiger partial charge on any atom is 0.255 e. The minimum Gasteiger partial charge on any atom is -0.341 e. The van der Waals surface area contributed by atoms with Crippen molar-refractivity contribution in [3.8, 4) is 0 Å². The second kappa shape index (κ2) is 9.87. The molecule has 0 radical (unpaired) electrons. The molecule has 1 aromatic rings. The van der Waals surface area contributed by atoms with Gasteiger partial charge in [-0.3, -0.25) is 14.4 Å². The summed E-state index contributed by atoms with van der Waals surface area (Å²) in [6.45, 7) is 6.98. The van der Waals surface area contributed by atoms with E-state index in [1.54, 1.807) is 11.0 Å². The number of aromatic amines is 1. The van der Waals surface area contributed by atoms with Crippen LogP contribution in [0.4, 0.5) is 0 Å². The average molecular weight is 389 g/mol. The number of hydrogen-bond acceptors (Lipinski definition) is 4. The molecule has 0 saturated carbocycles. The first-order chi connectivity index (χ1) is 13.5. The van der Waals surface area contributed by atoms with Gasteiger partial charge in [0.1, 0.15) is 0 Å². The lowest BCUT2D eigenvalue weighted by Gasteiger charge is -2.32. The molecule has 0 aromatic carbocycles. The van der Waals surface area contributed by atoms with Crippen LogP contribution in [-0.4, -0.2) is 76.8 Å². The summed E-state index contributed by atoms with van der Waals surface area (Å²) in [6.07, 6.45) is 7.57. The SMILES string of the molecule is CC(CCC(=O)N1CCCN(C(=O)c2ccc(=O)[nH]c2)CC1)N1CCCCC1. The number of piperidine rings is 1. The molecule has 0 spiro atoms. The second-order valence-corrected chi connectivity index (χ2v) is 7.95. The van der Waals surface area contributed by atoms with Gasteiger partial charge in [0.15, 0.2) is 0 Å². The number of H-pyrrole nitrogens is 1. The molecule has 1 N–H and O–H groups in total. The van der Waals surface area contributed by atoms with Gasteiger partial charge in [0.2, 0.25) is 11.5 Å². The summed E-state index contributed by atoms with van der Waals surface area (Å²) in [5.74, 6) is 0.103. The summed E-state index contributed by atoms with van der Waals surface area (Å²) in [7, 11) is 0. The van der Waals surface area contributed by atoms with Crippen LogP contribution in [0.3, 0.4) is 0 Å². The number of nitrogens with one attached hydrogen (secondary N) is 1. The van der Waals surface area contributed by atoms with Crippen LogP contribution >= 0.6 is 0 Å². The van der Waals surface area contributed by atoms with E-state index < -0.39 is 0 Å². The Morgan fingerprint density at radius 3 is 2.39 bits per heavy atom. The molecule has 2 aliphatic heterocycles. The third kappa shape index (κ3) is 5.44. The first-order valence-electron chi connectivity index (χ1n) is 10.5. The number of hydrogen-bond donors (Lipinski definition) is 1. The van der Waals surface area contributed by atoms with E-state index in [0.717, 1.165) is 25.9 Å². The summed E-state index contributed by atoms with van der Waals surface area (Å²) >= 11 is 0. The van der Waals surface area contributed by atoms with Gasteiger partial charge in [-0.15, -0.1) is 0 Å². The van der Waals surface area contributed by atoms with Gasteiger partial charge < -0.3 is 19.7 Å². The minimum absolute atomic E-state index is 0.0933. The Hall–Kier alpha value is -2.15. The van der Waals surface area contributed by atoms with Crippen molar-refractivity contribution in [2.24, 2.45) is 0 Å². The summed E-state index contributed by atoms with van der Waals surface area (Å²) in [4.78, 5) is 45.2. The highest BCUT2D eigenvalue weighted by Crippen LogP contribution is 2.16. The van der Waals surface area contributed by atoms with Crippen LogP contribution in [0, 0.1) is 0 Å². The molecule has 7 heteroatoms. The molecule has 28 heavy (non-hydrogen) atoms. The topological polar surface area (TPSA) is 76.7 Å². The molecule has 1 atom stereocenters. The fourth-order valence-electron chi connectivity index (χ4n) is 4.13. The molecule has 3 rings (SSSR count). The molecule has 0 aliphatic carbocycles. The number of carbonyl (C=O) groups is 2. The number of rotatable bonds is 5. The number of amides is 2. The van der Waals surface area contributed by atoms with E-state index in [-0.39, 0.29) is 17.4 Å². The van der Waals surface area contributed by atoms with E-state index in [0.29, 0.717) is 44.2 Å². The van der Waals surface area contributed by atoms with Gasteiger partial charge in [0.05, 0.1) is 5.56 Å². The van der Waals surface area contributed by atoms with E-state index in [2.05, 4.69) is 16.8 Å². The lowest BCUT2D eigenvalue weighted by Crippen LogP contribution is -2.40. The number of aromatic nitrogens is 1. The molecule has 154 valence electrons. The fourth-order valence-corrected chi connectivity index (χ4v) is 4.13. The lowest BCUT2D eigenvalue weighted by atomic mass is 10.1. The molecular formula is C21H32N4O3. The molecule has 3 heterocycles. The Labute approximate surface area is 166 Å². The fraction of sp³-hybridized carbons (Fsp3) is 0.667. The Balaban J connectivity index is 1.47. The third-order valence-electron chi connectivity index (χ3n) is 5.96. The number of carbonyl (C=O) groups excluding carboxylic acids is 2. The normalized spacial score (nSPS) is 19.9. The van der Waals surface area contributed by atoms with Crippen molar-refractivity contribution in [3.63, 3.8) is 0 Å². The van der Waals surface area contributed by atoms with Crippen LogP contribution in [0.5, 0.6) is 0 Å². The zero-order valence-electron chi connectivity index (χ0n) is 16.9. The van der Waals surface area contributed by atoms with Gasteiger partial charge in [-0.2, -0.15) is 0 Å². The second-order valence-electron chi connectivity index (χ2n) is 7.95. The molecule has 1 aromatic heterocycles. The minimum atomic E-state index is -0.219. The summed E-state index contributed by atoms with van der Waals surface area (Å²) in [5.41, 5.74) is 0.262. The van der Waals surface area contributed by atoms with Crippen molar-refractivity contribution < 1.29 is 9.59 Å². The lowest BCUT2D eigenvalue weighted by molar-refractivity contribution is -0.131. The zero-order valence-corrected chi connectivity index (χ0v) is 16.9. The standard InChI is InChI=1S/C21H32N4O3/c1-17(23-10-3-2-4-11-23)6-9-20(27)24-12-5-13-25(15-14-24)21(28)18-7-8-19(26)22-16-18/h7-8,16-17H,2-6,9-15H2,1H3,(H,22,26). The van der Waals surface area contributed by atoms with Crippen LogP contribution < -0.4 is 5.56 Å². The highest BCUT2D eigenvalue weighted by molar-refractivity contribution is 5.93. The average Bonchev–Trinajstić information content (AvgIpc) is 2.99. The van der Waals surface area contributed by atoms with Gasteiger partial charge in [-0.05, 0) is 51.8 Å². The Kier molecular flexibility index (Phi) is 7.25. The molecular weight excluding hydrogens is 356 g/mol. The Bertz CT molecular complexity index is 706. The van der Waals surface area contributed by atoms with Gasteiger partial charge in [-0.1, -0.05) is 6.42 Å². The van der Waals surface area contributed by atoms with Crippen LogP contribution in [0.25, 0.3) is 0 Å². The quantitative estimate of drug-likeness (QED) is 0.833. The van der Waals surface area contributed by atoms with Gasteiger partial charge in [0, 0.05) is 50.9 Å². The number of nitrogens with zero attached hydrogens (tertiary/aromatic N) is 3. The maximum atomic E-state index is 12.7. The van der Waals surface area contributed by atoms with Crippen molar-refractivity contribution in [2.45, 2.75) is 51.5 Å². The first kappa shape index (κ1) is 20.6. The molecule has 2 saturated heterocycles. The van der Waals surface area contributed by atoms with E-state index in [9.17, 15) is 14.4 Å². The van der Waals surface area contributed by atoms with Crippen LogP contribution in [0.2, 0.25) is 0 Å². The van der Waals surface area contributed by atoms with E-state index >= 15 is 0 Å². The van der Waals surface area contributed by atoms with Crippen molar-refractivity contribution >= 4 is 11.8 Å². The van der Waals surface area contributed by atoms with Gasteiger partial charge in [0.25, 0.3) is 5.91 Å². The third-order valence-corrected chi connectivity index (χ3v) is 5.96. The Morgan fingerprint density at radius 2 is 1.68 bits per heavy atom. The zero-order chi connectivity index (χ0) is 19.9. The maximum absolute atomic E-state index is 12.7. The number of pyridine rings is 1. The molecule has 1 unspecified atom stereocenters. The molecule has 0 bridgehead atoms. The van der Waals surface area contributed by atoms with Crippen molar-refractivity contribution in [1.29, 1.82) is 0 Å². The monoisotopic (exact) mass is 388 g/mol. The van der Waals surface area contributed by atoms with Gasteiger partial charge >= 0.3 is 0 Å². The van der Waals surface area contributed by atoms with Crippen molar-refractivity contribution in [3.05, 3.63) is 34.2 Å². The van der Waals surface area contributed by atoms with Crippen LogP contribution in [0.1, 0.15) is 55.8 Å². The largest absolute Gasteiger partial charge is 0.341 e. The molecule has 7 nitrogen and oxygen atoms in total. The Morgan fingerprint density at radius 1 is 0.964 bits per heavy atom.